The number of hydrogen-bond donors (Lipinski definition) is 2. The molecule has 2 saturated heterocycles. The monoisotopic (exact) mass is 418 g/mol. The minimum Gasteiger partial charge on any atom is -0.354 e. The van der Waals surface area contributed by atoms with Crippen molar-refractivity contribution in [1.82, 2.24) is 25.2 Å². The van der Waals surface area contributed by atoms with Gasteiger partial charge in [0.05, 0.1) is 18.0 Å². The highest BCUT2D eigenvalue weighted by atomic mass is 16.1. The third kappa shape index (κ3) is 3.79. The molecule has 2 N–H and O–H groups in total. The quantitative estimate of drug-likeness (QED) is 0.758. The number of carbonyl (C=O) groups is 1. The number of nitriles is 1. The van der Waals surface area contributed by atoms with E-state index in [0.717, 1.165) is 37.4 Å². The van der Waals surface area contributed by atoms with Gasteiger partial charge in [0, 0.05) is 50.4 Å². The zero-order valence-electron chi connectivity index (χ0n) is 17.5. The van der Waals surface area contributed by atoms with E-state index in [1.165, 1.54) is 12.8 Å². The summed E-state index contributed by atoms with van der Waals surface area (Å²) in [6.45, 7) is 1.92. The standard InChI is InChI=1S/C22H26N8O/c1-24-21(31)19-5-2-15(11-26-19)27-22-25-7-6-20(28-22)29-12-16-3-4-17(13-29)30(16)18-8-14(9-18)10-23/h2,5-7,11,14,16-18H,3-4,8-9,12-13H2,1H3,(H,24,31)(H,25,27,28)/t14?,16-,17+,18?. The van der Waals surface area contributed by atoms with Crippen LogP contribution in [-0.4, -0.2) is 64.0 Å². The van der Waals surface area contributed by atoms with E-state index in [4.69, 9.17) is 10.2 Å². The molecule has 5 rings (SSSR count). The van der Waals surface area contributed by atoms with Crippen molar-refractivity contribution in [3.8, 4) is 6.07 Å². The van der Waals surface area contributed by atoms with Gasteiger partial charge in [-0.15, -0.1) is 0 Å². The Labute approximate surface area is 181 Å². The van der Waals surface area contributed by atoms with Crippen LogP contribution in [0.3, 0.4) is 0 Å². The van der Waals surface area contributed by atoms with E-state index in [2.05, 4.69) is 36.5 Å². The molecule has 0 radical (unpaired) electrons. The minimum absolute atomic E-state index is 0.219. The number of piperazine rings is 1. The fourth-order valence-electron chi connectivity index (χ4n) is 5.10. The second-order valence-electron chi connectivity index (χ2n) is 8.56. The van der Waals surface area contributed by atoms with Crippen LogP contribution < -0.4 is 15.5 Å². The predicted octanol–water partition coefficient (Wildman–Crippen LogP) is 1.93. The Kier molecular flexibility index (Phi) is 5.16. The molecule has 9 heteroatoms. The van der Waals surface area contributed by atoms with E-state index < -0.39 is 0 Å². The smallest absolute Gasteiger partial charge is 0.269 e. The molecule has 1 saturated carbocycles. The third-order valence-corrected chi connectivity index (χ3v) is 6.70. The molecule has 2 aromatic rings. The zero-order valence-corrected chi connectivity index (χ0v) is 17.5. The first-order valence-electron chi connectivity index (χ1n) is 10.8. The maximum absolute atomic E-state index is 11.6. The van der Waals surface area contributed by atoms with Gasteiger partial charge in [-0.25, -0.2) is 9.97 Å². The molecule has 9 nitrogen and oxygen atoms in total. The summed E-state index contributed by atoms with van der Waals surface area (Å²) >= 11 is 0. The van der Waals surface area contributed by atoms with Crippen molar-refractivity contribution in [2.45, 2.75) is 43.8 Å². The van der Waals surface area contributed by atoms with Gasteiger partial charge in [-0.3, -0.25) is 9.69 Å². The van der Waals surface area contributed by atoms with Crippen LogP contribution in [0.15, 0.2) is 30.6 Å². The lowest BCUT2D eigenvalue weighted by Gasteiger charge is -2.49. The Balaban J connectivity index is 1.25. The molecule has 3 aliphatic rings. The highest BCUT2D eigenvalue weighted by molar-refractivity contribution is 5.92. The van der Waals surface area contributed by atoms with E-state index in [0.29, 0.717) is 29.8 Å². The van der Waals surface area contributed by atoms with Gasteiger partial charge in [0.15, 0.2) is 0 Å². The average molecular weight is 419 g/mol. The van der Waals surface area contributed by atoms with Crippen molar-refractivity contribution in [3.05, 3.63) is 36.3 Å². The summed E-state index contributed by atoms with van der Waals surface area (Å²) in [5, 5.41) is 14.8. The summed E-state index contributed by atoms with van der Waals surface area (Å²) in [5.41, 5.74) is 1.09. The lowest BCUT2D eigenvalue weighted by Crippen LogP contribution is -2.60. The van der Waals surface area contributed by atoms with Crippen molar-refractivity contribution in [2.24, 2.45) is 5.92 Å². The maximum atomic E-state index is 11.6. The normalized spacial score (nSPS) is 27.3. The highest BCUT2D eigenvalue weighted by Crippen LogP contribution is 2.41. The van der Waals surface area contributed by atoms with Gasteiger partial charge in [-0.05, 0) is 43.9 Å². The molecule has 1 amide bonds. The van der Waals surface area contributed by atoms with Crippen LogP contribution in [0.4, 0.5) is 17.5 Å². The minimum atomic E-state index is -0.219. The molecule has 2 atom stereocenters. The fourth-order valence-corrected chi connectivity index (χ4v) is 5.10. The number of pyridine rings is 1. The van der Waals surface area contributed by atoms with Crippen LogP contribution in [0.25, 0.3) is 0 Å². The SMILES string of the molecule is CNC(=O)c1ccc(Nc2nccc(N3C[C@H]4CC[C@@H](C3)N4C3CC(C#N)C3)n2)cn1. The number of carbonyl (C=O) groups excluding carboxylic acids is 1. The Morgan fingerprint density at radius 3 is 2.55 bits per heavy atom. The van der Waals surface area contributed by atoms with Crippen LogP contribution in [0, 0.1) is 17.2 Å². The number of rotatable bonds is 5. The van der Waals surface area contributed by atoms with Gasteiger partial charge < -0.3 is 15.5 Å². The summed E-state index contributed by atoms with van der Waals surface area (Å²) in [7, 11) is 1.58. The molecule has 2 aromatic heterocycles. The van der Waals surface area contributed by atoms with Crippen LogP contribution in [-0.2, 0) is 0 Å². The summed E-state index contributed by atoms with van der Waals surface area (Å²) in [6, 6.07) is 9.48. The Bertz CT molecular complexity index is 983. The van der Waals surface area contributed by atoms with Crippen molar-refractivity contribution in [3.63, 3.8) is 0 Å². The van der Waals surface area contributed by atoms with E-state index >= 15 is 0 Å². The summed E-state index contributed by atoms with van der Waals surface area (Å²) in [6.07, 6.45) is 7.86. The topological polar surface area (TPSA) is 110 Å². The van der Waals surface area contributed by atoms with Gasteiger partial charge in [-0.1, -0.05) is 0 Å². The van der Waals surface area contributed by atoms with Gasteiger partial charge in [0.2, 0.25) is 5.95 Å². The molecule has 4 heterocycles. The molecule has 0 spiro atoms. The Morgan fingerprint density at radius 1 is 1.13 bits per heavy atom. The third-order valence-electron chi connectivity index (χ3n) is 6.70. The summed E-state index contributed by atoms with van der Waals surface area (Å²) in [5.74, 6) is 1.46. The molecule has 2 aliphatic heterocycles. The number of aromatic nitrogens is 3. The maximum Gasteiger partial charge on any atom is 0.269 e. The average Bonchev–Trinajstić information content (AvgIpc) is 3.01. The lowest BCUT2D eigenvalue weighted by molar-refractivity contribution is 0.0437. The van der Waals surface area contributed by atoms with E-state index in [9.17, 15) is 4.79 Å². The Hall–Kier alpha value is -3.25. The number of nitrogens with zero attached hydrogens (tertiary/aromatic N) is 6. The van der Waals surface area contributed by atoms with Crippen molar-refractivity contribution in [1.29, 1.82) is 5.26 Å². The van der Waals surface area contributed by atoms with Crippen LogP contribution in [0.2, 0.25) is 0 Å². The molecule has 1 aliphatic carbocycles. The summed E-state index contributed by atoms with van der Waals surface area (Å²) < 4.78 is 0. The first-order valence-corrected chi connectivity index (χ1v) is 10.8. The second-order valence-corrected chi connectivity index (χ2v) is 8.56. The number of nitrogens with one attached hydrogen (secondary N) is 2. The molecule has 31 heavy (non-hydrogen) atoms. The Morgan fingerprint density at radius 2 is 1.90 bits per heavy atom. The molecule has 2 bridgehead atoms. The van der Waals surface area contributed by atoms with Crippen LogP contribution in [0.1, 0.15) is 36.2 Å². The number of hydrogen-bond acceptors (Lipinski definition) is 8. The van der Waals surface area contributed by atoms with E-state index in [-0.39, 0.29) is 11.8 Å². The summed E-state index contributed by atoms with van der Waals surface area (Å²) in [4.78, 5) is 29.9. The first kappa shape index (κ1) is 19.7. The highest BCUT2D eigenvalue weighted by Gasteiger charge is 2.47. The molecule has 0 aromatic carbocycles. The predicted molar refractivity (Wildman–Crippen MR) is 116 cm³/mol. The van der Waals surface area contributed by atoms with Gasteiger partial charge in [0.25, 0.3) is 5.91 Å². The van der Waals surface area contributed by atoms with Crippen LogP contribution in [0.5, 0.6) is 0 Å². The number of anilines is 3. The van der Waals surface area contributed by atoms with Gasteiger partial charge in [-0.2, -0.15) is 10.2 Å². The molecule has 160 valence electrons. The number of amides is 1. The molecular formula is C22H26N8O. The largest absolute Gasteiger partial charge is 0.354 e. The van der Waals surface area contributed by atoms with E-state index in [1.54, 1.807) is 31.6 Å². The van der Waals surface area contributed by atoms with Gasteiger partial charge >= 0.3 is 0 Å². The first-order chi connectivity index (χ1) is 15.1. The van der Waals surface area contributed by atoms with Crippen LogP contribution >= 0.6 is 0 Å². The second kappa shape index (κ2) is 8.12. The van der Waals surface area contributed by atoms with E-state index in [1.807, 2.05) is 6.07 Å². The molecule has 0 unspecified atom stereocenters. The molecule has 3 fully saturated rings. The van der Waals surface area contributed by atoms with Gasteiger partial charge in [0.1, 0.15) is 11.5 Å². The zero-order chi connectivity index (χ0) is 21.4. The fraction of sp³-hybridized carbons (Fsp3) is 0.500. The van der Waals surface area contributed by atoms with Crippen molar-refractivity contribution in [2.75, 3.05) is 30.4 Å². The lowest BCUT2D eigenvalue weighted by atomic mass is 9.79. The molecular weight excluding hydrogens is 392 g/mol. The van der Waals surface area contributed by atoms with Crippen molar-refractivity contribution < 1.29 is 4.79 Å². The van der Waals surface area contributed by atoms with Crippen molar-refractivity contribution >= 4 is 23.4 Å². The number of fused-ring (bicyclic) bond motifs is 2.